The first-order valence-electron chi connectivity index (χ1n) is 5.12. The summed E-state index contributed by atoms with van der Waals surface area (Å²) >= 11 is 7.57. The Kier molecular flexibility index (Phi) is 5.10. The van der Waals surface area contributed by atoms with Crippen LogP contribution in [0.5, 0.6) is 0 Å². The molecule has 3 atom stereocenters. The summed E-state index contributed by atoms with van der Waals surface area (Å²) in [5.74, 6) is -0.0300. The van der Waals surface area contributed by atoms with E-state index in [0.29, 0.717) is 11.3 Å². The number of thioether (sulfide) groups is 1. The van der Waals surface area contributed by atoms with Gasteiger partial charge in [0.2, 0.25) is 5.91 Å². The predicted octanol–water partition coefficient (Wildman–Crippen LogP) is 2.40. The third-order valence-corrected chi connectivity index (χ3v) is 4.06. The van der Waals surface area contributed by atoms with Gasteiger partial charge in [0.15, 0.2) is 0 Å². The summed E-state index contributed by atoms with van der Waals surface area (Å²) < 4.78 is 0. The third kappa shape index (κ3) is 3.35. The summed E-state index contributed by atoms with van der Waals surface area (Å²) in [7, 11) is 0. The molecule has 1 amide bonds. The van der Waals surface area contributed by atoms with Crippen molar-refractivity contribution in [1.82, 2.24) is 5.32 Å². The minimum absolute atomic E-state index is 0.0300. The molecule has 0 aromatic rings. The van der Waals surface area contributed by atoms with Crippen LogP contribution in [0.15, 0.2) is 0 Å². The highest BCUT2D eigenvalue weighted by atomic mass is 35.5. The van der Waals surface area contributed by atoms with Gasteiger partial charge in [-0.2, -0.15) is 11.8 Å². The molecule has 1 saturated carbocycles. The monoisotopic (exact) mass is 235 g/mol. The van der Waals surface area contributed by atoms with Crippen LogP contribution in [0.2, 0.25) is 0 Å². The molecule has 4 heteroatoms. The lowest BCUT2D eigenvalue weighted by molar-refractivity contribution is -0.121. The second kappa shape index (κ2) is 5.86. The van der Waals surface area contributed by atoms with Crippen molar-refractivity contribution in [1.29, 1.82) is 0 Å². The van der Waals surface area contributed by atoms with Crippen molar-refractivity contribution in [2.75, 3.05) is 6.26 Å². The number of hydrogen-bond donors (Lipinski definition) is 1. The molecule has 82 valence electrons. The zero-order valence-corrected chi connectivity index (χ0v) is 10.3. The summed E-state index contributed by atoms with van der Waals surface area (Å²) in [5.41, 5.74) is 0. The van der Waals surface area contributed by atoms with Gasteiger partial charge in [-0.25, -0.2) is 0 Å². The number of halogens is 1. The maximum Gasteiger partial charge on any atom is 0.238 e. The van der Waals surface area contributed by atoms with E-state index in [1.807, 2.05) is 11.8 Å². The molecular weight excluding hydrogens is 218 g/mol. The van der Waals surface area contributed by atoms with E-state index in [9.17, 15) is 4.79 Å². The van der Waals surface area contributed by atoms with Crippen LogP contribution in [-0.4, -0.2) is 28.8 Å². The molecule has 0 bridgehead atoms. The maximum absolute atomic E-state index is 11.4. The van der Waals surface area contributed by atoms with Gasteiger partial charge in [-0.05, 0) is 26.0 Å². The largest absolute Gasteiger partial charge is 0.351 e. The highest BCUT2D eigenvalue weighted by Crippen LogP contribution is 2.27. The Bertz CT molecular complexity index is 199. The van der Waals surface area contributed by atoms with E-state index in [4.69, 9.17) is 11.6 Å². The molecule has 2 nitrogen and oxygen atoms in total. The summed E-state index contributed by atoms with van der Waals surface area (Å²) in [6.45, 7) is 1.72. The Morgan fingerprint density at radius 1 is 1.50 bits per heavy atom. The average Bonchev–Trinajstić information content (AvgIpc) is 2.18. The SMILES string of the molecule is CSC1CCCCC1NC(=O)C(C)Cl. The number of carbonyl (C=O) groups excluding carboxylic acids is 1. The van der Waals surface area contributed by atoms with Crippen LogP contribution in [0.25, 0.3) is 0 Å². The van der Waals surface area contributed by atoms with Crippen LogP contribution in [0, 0.1) is 0 Å². The van der Waals surface area contributed by atoms with Crippen molar-refractivity contribution in [2.45, 2.75) is 49.3 Å². The number of carbonyl (C=O) groups is 1. The molecule has 0 radical (unpaired) electrons. The minimum Gasteiger partial charge on any atom is -0.351 e. The summed E-state index contributed by atoms with van der Waals surface area (Å²) in [4.78, 5) is 11.4. The smallest absolute Gasteiger partial charge is 0.238 e. The van der Waals surface area contributed by atoms with Crippen LogP contribution in [0.1, 0.15) is 32.6 Å². The standard InChI is InChI=1S/C10H18ClNOS/c1-7(11)10(13)12-8-5-3-4-6-9(8)14-2/h7-9H,3-6H2,1-2H3,(H,12,13). The predicted molar refractivity (Wildman–Crippen MR) is 63.0 cm³/mol. The van der Waals surface area contributed by atoms with Gasteiger partial charge in [0.25, 0.3) is 0 Å². The number of hydrogen-bond acceptors (Lipinski definition) is 2. The van der Waals surface area contributed by atoms with Crippen LogP contribution in [0.4, 0.5) is 0 Å². The molecule has 0 aromatic carbocycles. The van der Waals surface area contributed by atoms with Gasteiger partial charge in [0, 0.05) is 11.3 Å². The Labute approximate surface area is 95.2 Å². The first-order valence-corrected chi connectivity index (χ1v) is 6.85. The van der Waals surface area contributed by atoms with Crippen molar-refractivity contribution in [3.8, 4) is 0 Å². The number of nitrogens with one attached hydrogen (secondary N) is 1. The Morgan fingerprint density at radius 3 is 2.71 bits per heavy atom. The van der Waals surface area contributed by atoms with Crippen molar-refractivity contribution in [3.05, 3.63) is 0 Å². The van der Waals surface area contributed by atoms with Crippen LogP contribution < -0.4 is 5.32 Å². The highest BCUT2D eigenvalue weighted by molar-refractivity contribution is 7.99. The van der Waals surface area contributed by atoms with Crippen LogP contribution >= 0.6 is 23.4 Å². The van der Waals surface area contributed by atoms with Crippen LogP contribution in [0.3, 0.4) is 0 Å². The zero-order chi connectivity index (χ0) is 10.6. The second-order valence-corrected chi connectivity index (χ2v) is 5.52. The molecule has 0 spiro atoms. The van der Waals surface area contributed by atoms with Crippen molar-refractivity contribution in [3.63, 3.8) is 0 Å². The fourth-order valence-corrected chi connectivity index (χ4v) is 2.84. The molecule has 3 unspecified atom stereocenters. The molecular formula is C10H18ClNOS. The molecule has 1 rings (SSSR count). The van der Waals surface area contributed by atoms with Gasteiger partial charge >= 0.3 is 0 Å². The fourth-order valence-electron chi connectivity index (χ4n) is 1.84. The number of rotatable bonds is 3. The second-order valence-electron chi connectivity index (χ2n) is 3.79. The number of amides is 1. The van der Waals surface area contributed by atoms with Gasteiger partial charge in [-0.3, -0.25) is 4.79 Å². The normalized spacial score (nSPS) is 29.6. The molecule has 0 saturated heterocycles. The lowest BCUT2D eigenvalue weighted by atomic mass is 9.95. The summed E-state index contributed by atoms with van der Waals surface area (Å²) in [6, 6.07) is 0.326. The minimum atomic E-state index is -0.417. The van der Waals surface area contributed by atoms with E-state index < -0.39 is 5.38 Å². The lowest BCUT2D eigenvalue weighted by Crippen LogP contribution is -2.45. The third-order valence-electron chi connectivity index (χ3n) is 2.69. The van der Waals surface area contributed by atoms with Crippen molar-refractivity contribution in [2.24, 2.45) is 0 Å². The summed E-state index contributed by atoms with van der Waals surface area (Å²) in [6.07, 6.45) is 6.93. The Morgan fingerprint density at radius 2 is 2.14 bits per heavy atom. The first-order chi connectivity index (χ1) is 6.65. The topological polar surface area (TPSA) is 29.1 Å². The van der Waals surface area contributed by atoms with Gasteiger partial charge < -0.3 is 5.32 Å². The van der Waals surface area contributed by atoms with E-state index in [0.717, 1.165) is 6.42 Å². The van der Waals surface area contributed by atoms with E-state index in [2.05, 4.69) is 11.6 Å². The van der Waals surface area contributed by atoms with E-state index >= 15 is 0 Å². The van der Waals surface area contributed by atoms with Gasteiger partial charge in [0.05, 0.1) is 0 Å². The first kappa shape index (κ1) is 12.2. The lowest BCUT2D eigenvalue weighted by Gasteiger charge is -2.31. The fraction of sp³-hybridized carbons (Fsp3) is 0.900. The van der Waals surface area contributed by atoms with Crippen molar-refractivity contribution >= 4 is 29.3 Å². The molecule has 14 heavy (non-hydrogen) atoms. The van der Waals surface area contributed by atoms with Crippen molar-refractivity contribution < 1.29 is 4.79 Å². The Hall–Kier alpha value is 0.110. The van der Waals surface area contributed by atoms with E-state index in [-0.39, 0.29) is 5.91 Å². The Balaban J connectivity index is 2.44. The molecule has 1 aliphatic rings. The van der Waals surface area contributed by atoms with Crippen LogP contribution in [-0.2, 0) is 4.79 Å². The quantitative estimate of drug-likeness (QED) is 0.762. The maximum atomic E-state index is 11.4. The van der Waals surface area contributed by atoms with Gasteiger partial charge in [-0.1, -0.05) is 12.8 Å². The highest BCUT2D eigenvalue weighted by Gasteiger charge is 2.26. The average molecular weight is 236 g/mol. The molecule has 1 N–H and O–H groups in total. The number of alkyl halides is 1. The van der Waals surface area contributed by atoms with E-state index in [1.165, 1.54) is 19.3 Å². The molecule has 0 heterocycles. The van der Waals surface area contributed by atoms with E-state index in [1.54, 1.807) is 6.92 Å². The van der Waals surface area contributed by atoms with Gasteiger partial charge in [-0.15, -0.1) is 11.6 Å². The summed E-state index contributed by atoms with van der Waals surface area (Å²) in [5, 5.41) is 3.18. The van der Waals surface area contributed by atoms with Gasteiger partial charge in [0.1, 0.15) is 5.38 Å². The molecule has 1 fully saturated rings. The zero-order valence-electron chi connectivity index (χ0n) is 8.75. The molecule has 0 aliphatic heterocycles. The molecule has 0 aromatic heterocycles. The molecule has 1 aliphatic carbocycles.